The molecule has 11 heteroatoms. The Balaban J connectivity index is 1.63. The highest BCUT2D eigenvalue weighted by molar-refractivity contribution is 6.01. The number of fused-ring (bicyclic) bond motifs is 1. The lowest BCUT2D eigenvalue weighted by Crippen LogP contribution is -2.46. The number of nitrogens with zero attached hydrogens (tertiary/aromatic N) is 3. The molecule has 3 heterocycles. The van der Waals surface area contributed by atoms with E-state index in [0.717, 1.165) is 0 Å². The number of carbonyl (C=O) groups excluding carboxylic acids is 1. The van der Waals surface area contributed by atoms with E-state index in [-0.39, 0.29) is 35.6 Å². The Morgan fingerprint density at radius 3 is 2.78 bits per heavy atom. The average Bonchev–Trinajstić information content (AvgIpc) is 3.28. The number of rotatable bonds is 7. The van der Waals surface area contributed by atoms with E-state index in [9.17, 15) is 22.4 Å². The maximum atomic E-state index is 14.7. The highest BCUT2D eigenvalue weighted by atomic mass is 19.4. The van der Waals surface area contributed by atoms with Crippen molar-refractivity contribution in [2.75, 3.05) is 32.0 Å². The maximum absolute atomic E-state index is 14.7. The van der Waals surface area contributed by atoms with Gasteiger partial charge in [0.1, 0.15) is 6.17 Å². The van der Waals surface area contributed by atoms with E-state index in [4.69, 9.17) is 4.42 Å². The first kappa shape index (κ1) is 26.3. The molecule has 0 aliphatic carbocycles. The molecular formula is C26H27F4N5O2. The molecule has 0 spiro atoms. The number of piperidine rings is 1. The lowest BCUT2D eigenvalue weighted by molar-refractivity contribution is -0.0688. The van der Waals surface area contributed by atoms with Crippen LogP contribution in [0.1, 0.15) is 34.3 Å². The molecule has 1 saturated heterocycles. The van der Waals surface area contributed by atoms with Crippen molar-refractivity contribution in [2.45, 2.75) is 31.7 Å². The van der Waals surface area contributed by atoms with Crippen molar-refractivity contribution in [1.29, 1.82) is 0 Å². The van der Waals surface area contributed by atoms with E-state index in [1.807, 2.05) is 11.9 Å². The van der Waals surface area contributed by atoms with Gasteiger partial charge in [0.15, 0.2) is 5.89 Å². The number of alkyl halides is 4. The largest absolute Gasteiger partial charge is 0.436 e. The van der Waals surface area contributed by atoms with Gasteiger partial charge in [-0.05, 0) is 31.7 Å². The molecule has 1 aliphatic rings. The number of allylic oxidation sites excluding steroid dienone is 1. The van der Waals surface area contributed by atoms with Crippen molar-refractivity contribution in [3.8, 4) is 0 Å². The first-order chi connectivity index (χ1) is 17.5. The van der Waals surface area contributed by atoms with Crippen LogP contribution in [0.5, 0.6) is 0 Å². The molecule has 0 saturated carbocycles. The molecule has 3 aromatic rings. The molecule has 2 N–H and O–H groups in total. The van der Waals surface area contributed by atoms with Crippen molar-refractivity contribution < 1.29 is 26.8 Å². The standard InChI is InChI=1S/C26H27F4N5O2/c1-15(26(28,29)30)24-18-7-4-8-21(34-22-9-11-35(3)14-20(22)27)19(18)12-17(33-24)6-5-10-31-25(36)23-13-32-16(2)37-23/h4-8,12-13,20,22,34H,1,9-11,14H2,2-3H3,(H,31,36)/b6-5+/t20-,22+/m0/s1. The van der Waals surface area contributed by atoms with Gasteiger partial charge in [0.25, 0.3) is 5.91 Å². The molecule has 4 rings (SSSR count). The van der Waals surface area contributed by atoms with Crippen LogP contribution in [0.15, 0.2) is 47.5 Å². The Hall–Kier alpha value is -3.73. The van der Waals surface area contributed by atoms with Gasteiger partial charge in [0, 0.05) is 43.0 Å². The summed E-state index contributed by atoms with van der Waals surface area (Å²) in [6.07, 6.45) is -0.903. The van der Waals surface area contributed by atoms with Gasteiger partial charge in [-0.2, -0.15) is 13.2 Å². The Bertz CT molecular complexity index is 1330. The number of halogens is 4. The van der Waals surface area contributed by atoms with E-state index in [1.54, 1.807) is 31.2 Å². The molecule has 7 nitrogen and oxygen atoms in total. The Morgan fingerprint density at radius 2 is 2.11 bits per heavy atom. The average molecular weight is 518 g/mol. The Kier molecular flexibility index (Phi) is 7.63. The van der Waals surface area contributed by atoms with Crippen LogP contribution in [0.25, 0.3) is 22.4 Å². The van der Waals surface area contributed by atoms with E-state index < -0.39 is 29.9 Å². The van der Waals surface area contributed by atoms with Crippen molar-refractivity contribution >= 4 is 34.0 Å². The zero-order valence-electron chi connectivity index (χ0n) is 20.4. The molecule has 1 aromatic carbocycles. The van der Waals surface area contributed by atoms with Crippen LogP contribution < -0.4 is 10.6 Å². The summed E-state index contributed by atoms with van der Waals surface area (Å²) in [5.41, 5.74) is -0.653. The van der Waals surface area contributed by atoms with Crippen molar-refractivity contribution in [2.24, 2.45) is 0 Å². The van der Waals surface area contributed by atoms with Crippen LogP contribution in [0.4, 0.5) is 23.2 Å². The summed E-state index contributed by atoms with van der Waals surface area (Å²) in [5.74, 6) is -0.0789. The second-order valence-electron chi connectivity index (χ2n) is 8.95. The van der Waals surface area contributed by atoms with Crippen LogP contribution in [-0.2, 0) is 0 Å². The maximum Gasteiger partial charge on any atom is 0.417 e. The first-order valence-electron chi connectivity index (χ1n) is 11.7. The molecule has 37 heavy (non-hydrogen) atoms. The monoisotopic (exact) mass is 517 g/mol. The van der Waals surface area contributed by atoms with E-state index in [0.29, 0.717) is 29.9 Å². The van der Waals surface area contributed by atoms with E-state index >= 15 is 0 Å². The Labute approximate surface area is 211 Å². The molecule has 2 atom stereocenters. The minimum atomic E-state index is -4.69. The van der Waals surface area contributed by atoms with Gasteiger partial charge in [-0.1, -0.05) is 24.8 Å². The summed E-state index contributed by atoms with van der Waals surface area (Å²) in [4.78, 5) is 22.1. The number of aryl methyl sites for hydroxylation is 1. The third-order valence-corrected chi connectivity index (χ3v) is 6.12. The molecule has 0 unspecified atom stereocenters. The molecule has 196 valence electrons. The second kappa shape index (κ2) is 10.7. The molecular weight excluding hydrogens is 490 g/mol. The highest BCUT2D eigenvalue weighted by Gasteiger charge is 2.35. The summed E-state index contributed by atoms with van der Waals surface area (Å²) >= 11 is 0. The van der Waals surface area contributed by atoms with Crippen LogP contribution in [0.3, 0.4) is 0 Å². The predicted octanol–water partition coefficient (Wildman–Crippen LogP) is 5.00. The zero-order chi connectivity index (χ0) is 26.7. The number of oxazole rings is 1. The number of nitrogens with one attached hydrogen (secondary N) is 2. The van der Waals surface area contributed by atoms with Gasteiger partial charge < -0.3 is 20.0 Å². The summed E-state index contributed by atoms with van der Waals surface area (Å²) in [6, 6.07) is 6.01. The van der Waals surface area contributed by atoms with Crippen LogP contribution in [0.2, 0.25) is 0 Å². The Morgan fingerprint density at radius 1 is 1.32 bits per heavy atom. The number of likely N-dealkylation sites (tertiary alicyclic amines) is 1. The van der Waals surface area contributed by atoms with Crippen molar-refractivity contribution in [1.82, 2.24) is 20.2 Å². The van der Waals surface area contributed by atoms with E-state index in [2.05, 4.69) is 27.2 Å². The van der Waals surface area contributed by atoms with Crippen LogP contribution in [0, 0.1) is 6.92 Å². The molecule has 2 aromatic heterocycles. The van der Waals surface area contributed by atoms with E-state index in [1.165, 1.54) is 18.3 Å². The quantitative estimate of drug-likeness (QED) is 0.429. The van der Waals surface area contributed by atoms with Gasteiger partial charge in [0.05, 0.1) is 29.2 Å². The molecule has 1 aliphatic heterocycles. The fourth-order valence-corrected chi connectivity index (χ4v) is 4.18. The van der Waals surface area contributed by atoms with Gasteiger partial charge in [-0.3, -0.25) is 4.79 Å². The summed E-state index contributed by atoms with van der Waals surface area (Å²) in [5, 5.41) is 6.52. The van der Waals surface area contributed by atoms with Crippen LogP contribution in [-0.4, -0.2) is 65.8 Å². The summed E-state index contributed by atoms with van der Waals surface area (Å²) in [6.45, 7) is 5.90. The van der Waals surface area contributed by atoms with Gasteiger partial charge in [0.2, 0.25) is 5.76 Å². The summed E-state index contributed by atoms with van der Waals surface area (Å²) in [7, 11) is 1.84. The normalized spacial score (nSPS) is 18.9. The highest BCUT2D eigenvalue weighted by Crippen LogP contribution is 2.37. The van der Waals surface area contributed by atoms with Crippen molar-refractivity contribution in [3.05, 3.63) is 66.2 Å². The zero-order valence-corrected chi connectivity index (χ0v) is 20.4. The second-order valence-corrected chi connectivity index (χ2v) is 8.95. The lowest BCUT2D eigenvalue weighted by Gasteiger charge is -2.33. The number of hydrogen-bond donors (Lipinski definition) is 2. The van der Waals surface area contributed by atoms with Crippen molar-refractivity contribution in [3.63, 3.8) is 0 Å². The summed E-state index contributed by atoms with van der Waals surface area (Å²) < 4.78 is 60.7. The fraction of sp³-hybridized carbons (Fsp3) is 0.346. The minimum absolute atomic E-state index is 0.0503. The van der Waals surface area contributed by atoms with Gasteiger partial charge in [-0.25, -0.2) is 14.4 Å². The number of carbonyl (C=O) groups is 1. The predicted molar refractivity (Wildman–Crippen MR) is 134 cm³/mol. The number of anilines is 1. The third kappa shape index (κ3) is 6.16. The number of amides is 1. The number of aromatic nitrogens is 2. The minimum Gasteiger partial charge on any atom is -0.436 e. The topological polar surface area (TPSA) is 83.3 Å². The number of pyridine rings is 1. The lowest BCUT2D eigenvalue weighted by atomic mass is 9.99. The first-order valence-corrected chi connectivity index (χ1v) is 11.7. The molecule has 1 amide bonds. The fourth-order valence-electron chi connectivity index (χ4n) is 4.18. The number of benzene rings is 1. The van der Waals surface area contributed by atoms with Gasteiger partial charge >= 0.3 is 6.18 Å². The molecule has 0 bridgehead atoms. The number of hydrogen-bond acceptors (Lipinski definition) is 6. The third-order valence-electron chi connectivity index (χ3n) is 6.12. The smallest absolute Gasteiger partial charge is 0.417 e. The molecule has 0 radical (unpaired) electrons. The van der Waals surface area contributed by atoms with Gasteiger partial charge in [-0.15, -0.1) is 0 Å². The molecule has 1 fully saturated rings. The SMILES string of the molecule is C=C(c1nc(/C=C/CNC(=O)c2cnc(C)o2)cc2c(N[C@@H]3CCN(C)C[C@@H]3F)cccc12)C(F)(F)F. The van der Waals surface area contributed by atoms with Crippen LogP contribution >= 0.6 is 0 Å².